The lowest BCUT2D eigenvalue weighted by atomic mass is 10.1. The van der Waals surface area contributed by atoms with Gasteiger partial charge in [-0.3, -0.25) is 0 Å². The van der Waals surface area contributed by atoms with Gasteiger partial charge in [-0.05, 0) is 37.2 Å². The van der Waals surface area contributed by atoms with Crippen LogP contribution in [0.1, 0.15) is 11.1 Å². The highest BCUT2D eigenvalue weighted by Gasteiger charge is 2.06. The first-order valence-corrected chi connectivity index (χ1v) is 6.97. The maximum Gasteiger partial charge on any atom is 0.212 e. The van der Waals surface area contributed by atoms with Gasteiger partial charge >= 0.3 is 0 Å². The highest BCUT2D eigenvalue weighted by molar-refractivity contribution is 7.89. The van der Waals surface area contributed by atoms with E-state index in [0.29, 0.717) is 13.1 Å². The Labute approximate surface area is 101 Å². The molecule has 0 atom stereocenters. The summed E-state index contributed by atoms with van der Waals surface area (Å²) in [6, 6.07) is 4.57. The summed E-state index contributed by atoms with van der Waals surface area (Å²) in [6.07, 6.45) is 0. The van der Waals surface area contributed by atoms with Gasteiger partial charge < -0.3 is 5.32 Å². The summed E-state index contributed by atoms with van der Waals surface area (Å²) in [5.74, 6) is -0.270. The molecule has 0 aliphatic rings. The molecule has 0 saturated heterocycles. The molecule has 1 rings (SSSR count). The molecule has 1 aromatic carbocycles. The summed E-state index contributed by atoms with van der Waals surface area (Å²) in [7, 11) is -1.80. The van der Waals surface area contributed by atoms with Gasteiger partial charge in [0.1, 0.15) is 5.82 Å². The van der Waals surface area contributed by atoms with Gasteiger partial charge in [0.05, 0.1) is 5.75 Å². The second-order valence-corrected chi connectivity index (χ2v) is 5.82. The van der Waals surface area contributed by atoms with Crippen molar-refractivity contribution in [2.75, 3.05) is 19.3 Å². The van der Waals surface area contributed by atoms with E-state index < -0.39 is 10.0 Å². The van der Waals surface area contributed by atoms with Gasteiger partial charge in [0.25, 0.3) is 0 Å². The summed E-state index contributed by atoms with van der Waals surface area (Å²) in [4.78, 5) is 0. The van der Waals surface area contributed by atoms with Crippen LogP contribution in [-0.4, -0.2) is 27.8 Å². The summed E-state index contributed by atoms with van der Waals surface area (Å²) in [5.41, 5.74) is 1.82. The van der Waals surface area contributed by atoms with Crippen molar-refractivity contribution < 1.29 is 12.8 Å². The second-order valence-electron chi connectivity index (χ2n) is 3.77. The zero-order valence-electron chi connectivity index (χ0n) is 9.96. The van der Waals surface area contributed by atoms with Crippen molar-refractivity contribution in [2.24, 2.45) is 0 Å². The van der Waals surface area contributed by atoms with E-state index in [4.69, 9.17) is 0 Å². The normalized spacial score (nSPS) is 11.7. The van der Waals surface area contributed by atoms with Crippen molar-refractivity contribution in [1.82, 2.24) is 10.0 Å². The molecule has 0 spiro atoms. The Morgan fingerprint density at radius 3 is 2.71 bits per heavy atom. The lowest BCUT2D eigenvalue weighted by Crippen LogP contribution is -2.29. The third kappa shape index (κ3) is 4.80. The molecule has 0 aliphatic heterocycles. The minimum Gasteiger partial charge on any atom is -0.312 e. The molecule has 17 heavy (non-hydrogen) atoms. The van der Waals surface area contributed by atoms with Crippen molar-refractivity contribution in [1.29, 1.82) is 0 Å². The minimum atomic E-state index is -3.18. The fourth-order valence-corrected chi connectivity index (χ4v) is 1.98. The van der Waals surface area contributed by atoms with Crippen LogP contribution >= 0.6 is 0 Å². The SMILES string of the molecule is CNS(=O)(=O)CCNCc1cc(F)ccc1C. The van der Waals surface area contributed by atoms with Gasteiger partial charge in [0.15, 0.2) is 0 Å². The molecule has 0 aromatic heterocycles. The van der Waals surface area contributed by atoms with Gasteiger partial charge in [-0.25, -0.2) is 17.5 Å². The third-order valence-corrected chi connectivity index (χ3v) is 3.85. The zero-order chi connectivity index (χ0) is 12.9. The third-order valence-electron chi connectivity index (χ3n) is 2.49. The van der Waals surface area contributed by atoms with Crippen LogP contribution in [0.2, 0.25) is 0 Å². The van der Waals surface area contributed by atoms with E-state index >= 15 is 0 Å². The van der Waals surface area contributed by atoms with Crippen LogP contribution in [0, 0.1) is 12.7 Å². The molecule has 2 N–H and O–H groups in total. The van der Waals surface area contributed by atoms with E-state index in [2.05, 4.69) is 10.0 Å². The highest BCUT2D eigenvalue weighted by Crippen LogP contribution is 2.09. The monoisotopic (exact) mass is 260 g/mol. The van der Waals surface area contributed by atoms with Gasteiger partial charge in [0, 0.05) is 13.1 Å². The largest absolute Gasteiger partial charge is 0.312 e. The lowest BCUT2D eigenvalue weighted by Gasteiger charge is -2.08. The van der Waals surface area contributed by atoms with E-state index in [0.717, 1.165) is 11.1 Å². The number of sulfonamides is 1. The smallest absolute Gasteiger partial charge is 0.212 e. The van der Waals surface area contributed by atoms with Crippen molar-refractivity contribution in [3.05, 3.63) is 35.1 Å². The summed E-state index contributed by atoms with van der Waals surface area (Å²) < 4.78 is 37.4. The molecule has 96 valence electrons. The number of aryl methyl sites for hydroxylation is 1. The van der Waals surface area contributed by atoms with Crippen LogP contribution < -0.4 is 10.0 Å². The Kier molecular flexibility index (Phi) is 5.04. The van der Waals surface area contributed by atoms with Gasteiger partial charge in [-0.1, -0.05) is 6.07 Å². The molecule has 1 aromatic rings. The Morgan fingerprint density at radius 2 is 2.06 bits per heavy atom. The number of hydrogen-bond donors (Lipinski definition) is 2. The van der Waals surface area contributed by atoms with E-state index in [1.807, 2.05) is 6.92 Å². The molecule has 0 amide bonds. The fourth-order valence-electron chi connectivity index (χ4n) is 1.36. The van der Waals surface area contributed by atoms with Gasteiger partial charge in [0.2, 0.25) is 10.0 Å². The van der Waals surface area contributed by atoms with Crippen molar-refractivity contribution in [2.45, 2.75) is 13.5 Å². The first-order chi connectivity index (χ1) is 7.94. The molecule has 0 fully saturated rings. The molecule has 0 unspecified atom stereocenters. The standard InChI is InChI=1S/C11H17FN2O2S/c1-9-3-4-11(12)7-10(9)8-14-5-6-17(15,16)13-2/h3-4,7,13-14H,5-6,8H2,1-2H3. The van der Waals surface area contributed by atoms with Crippen LogP contribution in [-0.2, 0) is 16.6 Å². The van der Waals surface area contributed by atoms with Gasteiger partial charge in [-0.15, -0.1) is 0 Å². The fraction of sp³-hybridized carbons (Fsp3) is 0.455. The molecule has 6 heteroatoms. The Morgan fingerprint density at radius 1 is 1.35 bits per heavy atom. The topological polar surface area (TPSA) is 58.2 Å². The van der Waals surface area contributed by atoms with Crippen molar-refractivity contribution in [3.63, 3.8) is 0 Å². The molecule has 0 aliphatic carbocycles. The molecular formula is C11H17FN2O2S. The van der Waals surface area contributed by atoms with E-state index in [9.17, 15) is 12.8 Å². The second kappa shape index (κ2) is 6.09. The molecule has 0 saturated carbocycles. The molecule has 0 radical (unpaired) electrons. The Balaban J connectivity index is 2.44. The van der Waals surface area contributed by atoms with Crippen molar-refractivity contribution in [3.8, 4) is 0 Å². The van der Waals surface area contributed by atoms with Crippen LogP contribution in [0.5, 0.6) is 0 Å². The number of benzene rings is 1. The average molecular weight is 260 g/mol. The van der Waals surface area contributed by atoms with Crippen LogP contribution in [0.4, 0.5) is 4.39 Å². The summed E-state index contributed by atoms with van der Waals surface area (Å²) >= 11 is 0. The zero-order valence-corrected chi connectivity index (χ0v) is 10.8. The lowest BCUT2D eigenvalue weighted by molar-refractivity contribution is 0.582. The highest BCUT2D eigenvalue weighted by atomic mass is 32.2. The molecular weight excluding hydrogens is 243 g/mol. The van der Waals surface area contributed by atoms with E-state index in [1.54, 1.807) is 6.07 Å². The minimum absolute atomic E-state index is 0.0118. The van der Waals surface area contributed by atoms with Crippen LogP contribution in [0.25, 0.3) is 0 Å². The first-order valence-electron chi connectivity index (χ1n) is 5.31. The maximum absolute atomic E-state index is 13.0. The van der Waals surface area contributed by atoms with Crippen molar-refractivity contribution >= 4 is 10.0 Å². The molecule has 4 nitrogen and oxygen atoms in total. The van der Waals surface area contributed by atoms with E-state index in [-0.39, 0.29) is 11.6 Å². The predicted octanol–water partition coefficient (Wildman–Crippen LogP) is 0.773. The molecule has 0 heterocycles. The summed E-state index contributed by atoms with van der Waals surface area (Å²) in [5, 5.41) is 2.97. The van der Waals surface area contributed by atoms with Crippen LogP contribution in [0.3, 0.4) is 0 Å². The first kappa shape index (κ1) is 14.1. The summed E-state index contributed by atoms with van der Waals surface area (Å²) in [6.45, 7) is 2.68. The maximum atomic E-state index is 13.0. The average Bonchev–Trinajstić information content (AvgIpc) is 2.29. The van der Waals surface area contributed by atoms with E-state index in [1.165, 1.54) is 19.2 Å². The molecule has 0 bridgehead atoms. The Hall–Kier alpha value is -0.980. The number of rotatable bonds is 6. The number of nitrogens with one attached hydrogen (secondary N) is 2. The number of hydrogen-bond acceptors (Lipinski definition) is 3. The quantitative estimate of drug-likeness (QED) is 0.743. The van der Waals surface area contributed by atoms with Crippen LogP contribution in [0.15, 0.2) is 18.2 Å². The van der Waals surface area contributed by atoms with Gasteiger partial charge in [-0.2, -0.15) is 0 Å². The number of halogens is 1. The predicted molar refractivity (Wildman–Crippen MR) is 65.7 cm³/mol. The Bertz CT molecular complexity index is 474.